The maximum atomic E-state index is 12.4. The molecule has 3 rings (SSSR count). The highest BCUT2D eigenvalue weighted by molar-refractivity contribution is 7.10. The van der Waals surface area contributed by atoms with Crippen molar-refractivity contribution in [2.24, 2.45) is 0 Å². The second kappa shape index (κ2) is 12.9. The van der Waals surface area contributed by atoms with E-state index in [1.54, 1.807) is 0 Å². The number of morpholine rings is 1. The minimum Gasteiger partial charge on any atom is -0.379 e. The molecule has 9 heteroatoms. The fraction of sp³-hybridized carbons (Fsp3) is 0.722. The fourth-order valence-corrected chi connectivity index (χ4v) is 4.35. The summed E-state index contributed by atoms with van der Waals surface area (Å²) in [6, 6.07) is 4.74. The summed E-state index contributed by atoms with van der Waals surface area (Å²) in [5, 5.41) is 5.44. The molecule has 0 aliphatic carbocycles. The van der Waals surface area contributed by atoms with Gasteiger partial charge in [0.05, 0.1) is 19.3 Å². The Kier molecular flexibility index (Phi) is 11.8. The Labute approximate surface area is 179 Å². The molecule has 1 amide bonds. The maximum Gasteiger partial charge on any atom is 0.223 e. The summed E-state index contributed by atoms with van der Waals surface area (Å²) < 4.78 is 5.51. The largest absolute Gasteiger partial charge is 0.379 e. The van der Waals surface area contributed by atoms with E-state index in [2.05, 4.69) is 39.7 Å². The number of thiophene rings is 1. The van der Waals surface area contributed by atoms with Crippen LogP contribution in [0.4, 0.5) is 0 Å². The molecule has 2 aliphatic heterocycles. The first-order valence-electron chi connectivity index (χ1n) is 9.26. The van der Waals surface area contributed by atoms with Crippen LogP contribution in [0.15, 0.2) is 17.5 Å². The topological polar surface area (TPSA) is 48.1 Å². The van der Waals surface area contributed by atoms with Gasteiger partial charge < -0.3 is 19.9 Å². The van der Waals surface area contributed by atoms with Crippen molar-refractivity contribution in [3.05, 3.63) is 22.4 Å². The third-order valence-corrected chi connectivity index (χ3v) is 5.99. The van der Waals surface area contributed by atoms with Crippen LogP contribution in [0.2, 0.25) is 0 Å². The zero-order valence-electron chi connectivity index (χ0n) is 16.0. The Bertz CT molecular complexity index is 523. The van der Waals surface area contributed by atoms with Gasteiger partial charge in [-0.25, -0.2) is 0 Å². The summed E-state index contributed by atoms with van der Waals surface area (Å²) in [4.78, 5) is 20.6. The predicted molar refractivity (Wildman–Crippen MR) is 116 cm³/mol. The van der Waals surface area contributed by atoms with E-state index >= 15 is 0 Å². The van der Waals surface area contributed by atoms with Gasteiger partial charge >= 0.3 is 0 Å². The van der Waals surface area contributed by atoms with E-state index in [1.807, 2.05) is 16.2 Å². The maximum absolute atomic E-state index is 12.4. The number of carbonyl (C=O) groups excluding carboxylic acids is 1. The lowest BCUT2D eigenvalue weighted by Gasteiger charge is -2.36. The summed E-state index contributed by atoms with van der Waals surface area (Å²) in [6.45, 7) is 8.87. The highest BCUT2D eigenvalue weighted by Gasteiger charge is 2.25. The zero-order valence-corrected chi connectivity index (χ0v) is 18.4. The number of piperazine rings is 1. The lowest BCUT2D eigenvalue weighted by atomic mass is 10.1. The van der Waals surface area contributed by atoms with E-state index in [4.69, 9.17) is 4.74 Å². The van der Waals surface area contributed by atoms with Gasteiger partial charge in [0.15, 0.2) is 0 Å². The predicted octanol–water partition coefficient (Wildman–Crippen LogP) is 1.72. The first-order chi connectivity index (χ1) is 12.2. The summed E-state index contributed by atoms with van der Waals surface area (Å²) in [5.74, 6) is 0.285. The average molecular weight is 439 g/mol. The SMILES string of the molecule is CN(CCC(=O)N1CCNCC1)CC(c1cccs1)N1CCOCC1.Cl.Cl. The summed E-state index contributed by atoms with van der Waals surface area (Å²) in [7, 11) is 2.13. The summed E-state index contributed by atoms with van der Waals surface area (Å²) >= 11 is 1.82. The van der Waals surface area contributed by atoms with E-state index in [0.29, 0.717) is 12.5 Å². The van der Waals surface area contributed by atoms with Crippen molar-refractivity contribution >= 4 is 42.1 Å². The van der Waals surface area contributed by atoms with E-state index in [1.165, 1.54) is 4.88 Å². The second-order valence-electron chi connectivity index (χ2n) is 6.82. The monoisotopic (exact) mass is 438 g/mol. The van der Waals surface area contributed by atoms with Crippen molar-refractivity contribution in [1.82, 2.24) is 20.0 Å². The third kappa shape index (κ3) is 7.49. The van der Waals surface area contributed by atoms with Crippen molar-refractivity contribution in [2.75, 3.05) is 72.6 Å². The lowest BCUT2D eigenvalue weighted by Crippen LogP contribution is -2.47. The highest BCUT2D eigenvalue weighted by atomic mass is 35.5. The van der Waals surface area contributed by atoms with Crippen LogP contribution in [-0.4, -0.2) is 93.2 Å². The molecule has 0 saturated carbocycles. The molecule has 0 bridgehead atoms. The van der Waals surface area contributed by atoms with Gasteiger partial charge in [-0.3, -0.25) is 9.69 Å². The Hall–Kier alpha value is -0.410. The molecule has 1 aromatic heterocycles. The number of ether oxygens (including phenoxy) is 1. The molecule has 6 nitrogen and oxygen atoms in total. The van der Waals surface area contributed by atoms with Crippen LogP contribution in [0.25, 0.3) is 0 Å². The van der Waals surface area contributed by atoms with Gasteiger partial charge in [-0.2, -0.15) is 0 Å². The van der Waals surface area contributed by atoms with Gasteiger partial charge in [0.2, 0.25) is 5.91 Å². The fourth-order valence-electron chi connectivity index (χ4n) is 3.50. The van der Waals surface area contributed by atoms with E-state index in [-0.39, 0.29) is 30.7 Å². The van der Waals surface area contributed by atoms with Crippen molar-refractivity contribution in [1.29, 1.82) is 0 Å². The van der Waals surface area contributed by atoms with Crippen LogP contribution in [0.3, 0.4) is 0 Å². The normalized spacial score (nSPS) is 19.3. The van der Waals surface area contributed by atoms with Gasteiger partial charge in [-0.1, -0.05) is 6.07 Å². The van der Waals surface area contributed by atoms with Crippen LogP contribution in [0.5, 0.6) is 0 Å². The molecular weight excluding hydrogens is 407 g/mol. The first kappa shape index (κ1) is 24.6. The molecule has 2 fully saturated rings. The van der Waals surface area contributed by atoms with Gasteiger partial charge in [-0.15, -0.1) is 36.2 Å². The molecule has 1 unspecified atom stereocenters. The molecule has 0 aromatic carbocycles. The van der Waals surface area contributed by atoms with Crippen LogP contribution in [0, 0.1) is 0 Å². The second-order valence-corrected chi connectivity index (χ2v) is 7.80. The molecule has 0 spiro atoms. The van der Waals surface area contributed by atoms with Crippen molar-refractivity contribution in [3.63, 3.8) is 0 Å². The first-order valence-corrected chi connectivity index (χ1v) is 10.1. The number of halogens is 2. The molecule has 156 valence electrons. The Balaban J connectivity index is 0.00000182. The van der Waals surface area contributed by atoms with Crippen LogP contribution < -0.4 is 5.32 Å². The molecule has 27 heavy (non-hydrogen) atoms. The standard InChI is InChI=1S/C18H30N4O2S.2ClH/c1-20(7-4-18(23)22-8-5-19-6-9-22)15-16(17-3-2-14-25-17)21-10-12-24-13-11-21;;/h2-3,14,16,19H,4-13,15H2,1H3;2*1H. The Morgan fingerprint density at radius 1 is 1.26 bits per heavy atom. The summed E-state index contributed by atoms with van der Waals surface area (Å²) in [6.07, 6.45) is 0.608. The third-order valence-electron chi connectivity index (χ3n) is 5.02. The number of hydrogen-bond acceptors (Lipinski definition) is 6. The molecule has 2 saturated heterocycles. The minimum absolute atomic E-state index is 0. The van der Waals surface area contributed by atoms with Gasteiger partial charge in [0.25, 0.3) is 0 Å². The Morgan fingerprint density at radius 3 is 2.59 bits per heavy atom. The molecule has 3 heterocycles. The summed E-state index contributed by atoms with van der Waals surface area (Å²) in [5.41, 5.74) is 0. The average Bonchev–Trinajstić information content (AvgIpc) is 3.20. The molecule has 1 atom stereocenters. The Morgan fingerprint density at radius 2 is 1.96 bits per heavy atom. The van der Waals surface area contributed by atoms with E-state index in [0.717, 1.165) is 65.6 Å². The highest BCUT2D eigenvalue weighted by Crippen LogP contribution is 2.26. The molecule has 1 aromatic rings. The number of nitrogens with one attached hydrogen (secondary N) is 1. The molecule has 1 N–H and O–H groups in total. The van der Waals surface area contributed by atoms with Gasteiger partial charge in [0, 0.05) is 63.7 Å². The number of hydrogen-bond donors (Lipinski definition) is 1. The number of likely N-dealkylation sites (N-methyl/N-ethyl adjacent to an activating group) is 1. The minimum atomic E-state index is 0. The smallest absolute Gasteiger partial charge is 0.223 e. The molecular formula is C18H32Cl2N4O2S. The van der Waals surface area contributed by atoms with Crippen LogP contribution in [0.1, 0.15) is 17.3 Å². The molecule has 2 aliphatic rings. The quantitative estimate of drug-likeness (QED) is 0.701. The van der Waals surface area contributed by atoms with E-state index < -0.39 is 0 Å². The van der Waals surface area contributed by atoms with Crippen LogP contribution in [-0.2, 0) is 9.53 Å². The molecule has 0 radical (unpaired) electrons. The number of amides is 1. The van der Waals surface area contributed by atoms with Crippen molar-refractivity contribution in [3.8, 4) is 0 Å². The van der Waals surface area contributed by atoms with Gasteiger partial charge in [-0.05, 0) is 18.5 Å². The number of nitrogens with zero attached hydrogens (tertiary/aromatic N) is 3. The van der Waals surface area contributed by atoms with Crippen LogP contribution >= 0.6 is 36.2 Å². The van der Waals surface area contributed by atoms with E-state index in [9.17, 15) is 4.79 Å². The number of rotatable bonds is 7. The zero-order chi connectivity index (χ0) is 17.5. The lowest BCUT2D eigenvalue weighted by molar-refractivity contribution is -0.132. The van der Waals surface area contributed by atoms with Crippen molar-refractivity contribution < 1.29 is 9.53 Å². The van der Waals surface area contributed by atoms with Crippen molar-refractivity contribution in [2.45, 2.75) is 12.5 Å². The number of carbonyl (C=O) groups is 1. The van der Waals surface area contributed by atoms with Gasteiger partial charge in [0.1, 0.15) is 0 Å².